The van der Waals surface area contributed by atoms with Gasteiger partial charge in [-0.3, -0.25) is 4.74 Å². The summed E-state index contributed by atoms with van der Waals surface area (Å²) < 4.78 is 40.2. The zero-order valence-corrected chi connectivity index (χ0v) is 12.3. The Morgan fingerprint density at radius 2 is 1.47 bits per heavy atom. The van der Waals surface area contributed by atoms with Gasteiger partial charge in [0.1, 0.15) is 0 Å². The van der Waals surface area contributed by atoms with Crippen LogP contribution in [0.15, 0.2) is 0 Å². The maximum absolute atomic E-state index is 12.0. The zero-order chi connectivity index (χ0) is 12.3. The van der Waals surface area contributed by atoms with E-state index >= 15 is 0 Å². The van der Waals surface area contributed by atoms with Crippen LogP contribution in [0.25, 0.3) is 0 Å². The van der Waals surface area contributed by atoms with Crippen molar-refractivity contribution in [1.29, 1.82) is 0 Å². The molecule has 2 aliphatic heterocycles. The van der Waals surface area contributed by atoms with E-state index < -0.39 is 12.5 Å². The lowest BCUT2D eigenvalue weighted by Gasteiger charge is -2.39. The van der Waals surface area contributed by atoms with Gasteiger partial charge in [0.15, 0.2) is 0 Å². The number of rotatable bonds is 2. The third-order valence-electron chi connectivity index (χ3n) is 3.60. The Hall–Kier alpha value is 0.250. The van der Waals surface area contributed by atoms with E-state index in [1.54, 1.807) is 0 Å². The zero-order valence-electron chi connectivity index (χ0n) is 10.6. The van der Waals surface area contributed by atoms with Gasteiger partial charge in [-0.1, -0.05) is 0 Å². The molecule has 19 heavy (non-hydrogen) atoms. The van der Waals surface area contributed by atoms with Crippen LogP contribution in [0.4, 0.5) is 13.2 Å². The molecule has 2 fully saturated rings. The fourth-order valence-corrected chi connectivity index (χ4v) is 2.72. The van der Waals surface area contributed by atoms with Crippen LogP contribution in [-0.2, 0) is 4.74 Å². The summed E-state index contributed by atoms with van der Waals surface area (Å²) in [5, 5.41) is 3.29. The molecule has 8 heteroatoms. The highest BCUT2D eigenvalue weighted by Crippen LogP contribution is 2.26. The van der Waals surface area contributed by atoms with Crippen molar-refractivity contribution in [3.63, 3.8) is 0 Å². The Balaban J connectivity index is 0.00000162. The molecule has 0 aromatic carbocycles. The van der Waals surface area contributed by atoms with Gasteiger partial charge in [-0.15, -0.1) is 38.0 Å². The van der Waals surface area contributed by atoms with E-state index in [0.29, 0.717) is 18.9 Å². The third kappa shape index (κ3) is 6.49. The van der Waals surface area contributed by atoms with Crippen LogP contribution in [0.3, 0.4) is 0 Å². The molecule has 0 amide bonds. The summed E-state index contributed by atoms with van der Waals surface area (Å²) >= 11 is 0. The molecular weight excluding hydrogens is 304 g/mol. The Morgan fingerprint density at radius 1 is 0.947 bits per heavy atom. The van der Waals surface area contributed by atoms with Crippen LogP contribution >= 0.6 is 24.8 Å². The first-order valence-corrected chi connectivity index (χ1v) is 6.24. The quantitative estimate of drug-likeness (QED) is 0.845. The van der Waals surface area contributed by atoms with E-state index in [1.807, 2.05) is 0 Å². The highest BCUT2D eigenvalue weighted by Gasteiger charge is 2.35. The second-order valence-electron chi connectivity index (χ2n) is 4.78. The number of halogens is 5. The van der Waals surface area contributed by atoms with Crippen LogP contribution in [0.2, 0.25) is 0 Å². The van der Waals surface area contributed by atoms with Crippen LogP contribution in [0.1, 0.15) is 25.7 Å². The molecule has 2 aliphatic rings. The van der Waals surface area contributed by atoms with Crippen LogP contribution in [-0.4, -0.2) is 49.6 Å². The topological polar surface area (TPSA) is 24.5 Å². The summed E-state index contributed by atoms with van der Waals surface area (Å²) in [4.78, 5) is 2.32. The highest BCUT2D eigenvalue weighted by molar-refractivity contribution is 5.85. The van der Waals surface area contributed by atoms with Gasteiger partial charge in [-0.2, -0.15) is 0 Å². The number of nitrogens with one attached hydrogen (secondary N) is 1. The molecule has 0 atom stereocenters. The van der Waals surface area contributed by atoms with E-state index in [9.17, 15) is 13.2 Å². The van der Waals surface area contributed by atoms with Gasteiger partial charge in [0.05, 0.1) is 6.10 Å². The van der Waals surface area contributed by atoms with E-state index in [1.165, 1.54) is 0 Å². The average molecular weight is 325 g/mol. The molecular formula is C11H21Cl2F3N2O. The van der Waals surface area contributed by atoms with E-state index in [2.05, 4.69) is 15.0 Å². The summed E-state index contributed by atoms with van der Waals surface area (Å²) in [5.74, 6) is 0. The number of likely N-dealkylation sites (tertiary alicyclic amines) is 1. The Bertz CT molecular complexity index is 243. The maximum Gasteiger partial charge on any atom is 0.522 e. The van der Waals surface area contributed by atoms with Crippen LogP contribution in [0.5, 0.6) is 0 Å². The summed E-state index contributed by atoms with van der Waals surface area (Å²) in [6, 6.07) is 0.545. The maximum atomic E-state index is 12.0. The second kappa shape index (κ2) is 8.52. The van der Waals surface area contributed by atoms with E-state index in [4.69, 9.17) is 0 Å². The standard InChI is InChI=1S/C11H19F3N2O.2ClH/c12-11(13,14)17-10-3-7-16(8-4-10)9-1-5-15-6-2-9;;/h9-10,15H,1-8H2;2*1H. The van der Waals surface area contributed by atoms with Gasteiger partial charge >= 0.3 is 6.36 Å². The molecule has 2 saturated heterocycles. The molecule has 3 nitrogen and oxygen atoms in total. The van der Waals surface area contributed by atoms with E-state index in [0.717, 1.165) is 39.0 Å². The SMILES string of the molecule is Cl.Cl.FC(F)(F)OC1CCN(C2CCNCC2)CC1. The van der Waals surface area contributed by atoms with Crippen molar-refractivity contribution in [3.05, 3.63) is 0 Å². The third-order valence-corrected chi connectivity index (χ3v) is 3.60. The average Bonchev–Trinajstić information content (AvgIpc) is 2.29. The van der Waals surface area contributed by atoms with Crippen LogP contribution < -0.4 is 5.32 Å². The second-order valence-corrected chi connectivity index (χ2v) is 4.78. The molecule has 0 bridgehead atoms. The molecule has 1 N–H and O–H groups in total. The lowest BCUT2D eigenvalue weighted by Crippen LogP contribution is -2.48. The number of hydrogen-bond acceptors (Lipinski definition) is 3. The fraction of sp³-hybridized carbons (Fsp3) is 1.00. The first kappa shape index (κ1) is 19.2. The first-order chi connectivity index (χ1) is 8.04. The minimum absolute atomic E-state index is 0. The lowest BCUT2D eigenvalue weighted by atomic mass is 10.00. The number of piperidine rings is 2. The van der Waals surface area contributed by atoms with Gasteiger partial charge in [-0.05, 0) is 38.8 Å². The van der Waals surface area contributed by atoms with Gasteiger partial charge < -0.3 is 10.2 Å². The van der Waals surface area contributed by atoms with Crippen molar-refractivity contribution in [3.8, 4) is 0 Å². The van der Waals surface area contributed by atoms with Crippen molar-refractivity contribution >= 4 is 24.8 Å². The van der Waals surface area contributed by atoms with Gasteiger partial charge in [0.25, 0.3) is 0 Å². The van der Waals surface area contributed by atoms with Crippen LogP contribution in [0, 0.1) is 0 Å². The van der Waals surface area contributed by atoms with E-state index in [-0.39, 0.29) is 24.8 Å². The Kier molecular flexibility index (Phi) is 8.63. The van der Waals surface area contributed by atoms with Crippen molar-refractivity contribution < 1.29 is 17.9 Å². The summed E-state index contributed by atoms with van der Waals surface area (Å²) in [7, 11) is 0. The summed E-state index contributed by atoms with van der Waals surface area (Å²) in [6.07, 6.45) is -1.95. The molecule has 0 spiro atoms. The highest BCUT2D eigenvalue weighted by atomic mass is 35.5. The largest absolute Gasteiger partial charge is 0.522 e. The molecule has 0 aliphatic carbocycles. The molecule has 0 aromatic rings. The molecule has 2 rings (SSSR count). The first-order valence-electron chi connectivity index (χ1n) is 6.24. The van der Waals surface area contributed by atoms with Crippen molar-refractivity contribution in [2.24, 2.45) is 0 Å². The monoisotopic (exact) mass is 324 g/mol. The van der Waals surface area contributed by atoms with Gasteiger partial charge in [-0.25, -0.2) is 0 Å². The molecule has 0 unspecified atom stereocenters. The number of alkyl halides is 3. The smallest absolute Gasteiger partial charge is 0.317 e. The Morgan fingerprint density at radius 3 is 1.95 bits per heavy atom. The fourth-order valence-electron chi connectivity index (χ4n) is 2.72. The molecule has 116 valence electrons. The molecule has 0 saturated carbocycles. The number of ether oxygens (including phenoxy) is 1. The normalized spacial score (nSPS) is 23.5. The lowest BCUT2D eigenvalue weighted by molar-refractivity contribution is -0.346. The number of hydrogen-bond donors (Lipinski definition) is 1. The molecule has 2 heterocycles. The van der Waals surface area contributed by atoms with Gasteiger partial charge in [0, 0.05) is 19.1 Å². The Labute approximate surface area is 124 Å². The number of nitrogens with zero attached hydrogens (tertiary/aromatic N) is 1. The summed E-state index contributed by atoms with van der Waals surface area (Å²) in [6.45, 7) is 3.49. The minimum atomic E-state index is -4.48. The van der Waals surface area contributed by atoms with Gasteiger partial charge in [0.2, 0.25) is 0 Å². The minimum Gasteiger partial charge on any atom is -0.317 e. The predicted octanol–water partition coefficient (Wildman–Crippen LogP) is 2.58. The predicted molar refractivity (Wildman–Crippen MR) is 72.1 cm³/mol. The van der Waals surface area contributed by atoms with Crippen molar-refractivity contribution in [2.75, 3.05) is 26.2 Å². The van der Waals surface area contributed by atoms with Crippen molar-refractivity contribution in [1.82, 2.24) is 10.2 Å². The summed E-state index contributed by atoms with van der Waals surface area (Å²) in [5.41, 5.74) is 0. The van der Waals surface area contributed by atoms with Crippen molar-refractivity contribution in [2.45, 2.75) is 44.2 Å². The molecule has 0 radical (unpaired) electrons. The molecule has 0 aromatic heterocycles.